The van der Waals surface area contributed by atoms with E-state index in [1.54, 1.807) is 0 Å². The topological polar surface area (TPSA) is 41.3 Å². The van der Waals surface area contributed by atoms with Crippen molar-refractivity contribution in [3.8, 4) is 0 Å². The molecule has 106 valence electrons. The molecule has 4 heteroatoms. The number of nitrogens with one attached hydrogen (secondary N) is 1. The van der Waals surface area contributed by atoms with Crippen molar-refractivity contribution >= 4 is 0 Å². The Balaban J connectivity index is 1.71. The summed E-state index contributed by atoms with van der Waals surface area (Å²) in [4.78, 5) is 2.60. The Labute approximate surface area is 115 Å². The Hall–Kier alpha value is -0.870. The maximum atomic E-state index is 5.40. The smallest absolute Gasteiger partial charge is 0.150 e. The molecule has 1 aromatic rings. The third-order valence-corrected chi connectivity index (χ3v) is 4.80. The predicted molar refractivity (Wildman–Crippen MR) is 74.9 cm³/mol. The van der Waals surface area contributed by atoms with E-state index in [9.17, 15) is 0 Å². The summed E-state index contributed by atoms with van der Waals surface area (Å²) in [5, 5.41) is 7.83. The first kappa shape index (κ1) is 13.1. The molecule has 2 fully saturated rings. The highest BCUT2D eigenvalue weighted by Crippen LogP contribution is 2.34. The Morgan fingerprint density at radius 2 is 2.26 bits per heavy atom. The summed E-state index contributed by atoms with van der Waals surface area (Å²) in [5.74, 6) is 1.01. The van der Waals surface area contributed by atoms with Crippen LogP contribution in [0.4, 0.5) is 0 Å². The molecule has 0 amide bonds. The van der Waals surface area contributed by atoms with Crippen LogP contribution in [0.2, 0.25) is 0 Å². The van der Waals surface area contributed by atoms with Gasteiger partial charge < -0.3 is 9.84 Å². The SMILES string of the molecule is CCC1CNC2(CCCC2)CN1Cc1cc(C)no1. The van der Waals surface area contributed by atoms with Crippen LogP contribution in [0.25, 0.3) is 0 Å². The fraction of sp³-hybridized carbons (Fsp3) is 0.800. The molecule has 1 saturated heterocycles. The fourth-order valence-corrected chi connectivity index (χ4v) is 3.70. The van der Waals surface area contributed by atoms with Gasteiger partial charge in [0.1, 0.15) is 0 Å². The Bertz CT molecular complexity index is 423. The Morgan fingerprint density at radius 3 is 2.89 bits per heavy atom. The third-order valence-electron chi connectivity index (χ3n) is 4.80. The molecule has 2 aliphatic rings. The second kappa shape index (κ2) is 5.25. The summed E-state index contributed by atoms with van der Waals surface area (Å²) in [6.07, 6.45) is 6.60. The number of hydrogen-bond donors (Lipinski definition) is 1. The van der Waals surface area contributed by atoms with E-state index in [1.807, 2.05) is 6.92 Å². The van der Waals surface area contributed by atoms with Crippen molar-refractivity contribution in [3.63, 3.8) is 0 Å². The molecule has 1 aliphatic heterocycles. The maximum Gasteiger partial charge on any atom is 0.150 e. The number of hydrogen-bond acceptors (Lipinski definition) is 4. The normalized spacial score (nSPS) is 27.2. The van der Waals surface area contributed by atoms with Gasteiger partial charge in [0.15, 0.2) is 5.76 Å². The Morgan fingerprint density at radius 1 is 1.47 bits per heavy atom. The lowest BCUT2D eigenvalue weighted by molar-refractivity contribution is 0.0642. The minimum absolute atomic E-state index is 0.376. The fourth-order valence-electron chi connectivity index (χ4n) is 3.70. The van der Waals surface area contributed by atoms with Gasteiger partial charge in [-0.15, -0.1) is 0 Å². The van der Waals surface area contributed by atoms with Gasteiger partial charge in [0, 0.05) is 30.7 Å². The summed E-state index contributed by atoms with van der Waals surface area (Å²) in [6, 6.07) is 2.69. The van der Waals surface area contributed by atoms with E-state index >= 15 is 0 Å². The van der Waals surface area contributed by atoms with Crippen LogP contribution in [0.3, 0.4) is 0 Å². The molecule has 0 bridgehead atoms. The van der Waals surface area contributed by atoms with Gasteiger partial charge in [-0.25, -0.2) is 0 Å². The zero-order valence-electron chi connectivity index (χ0n) is 12.1. The van der Waals surface area contributed by atoms with E-state index in [2.05, 4.69) is 28.4 Å². The van der Waals surface area contributed by atoms with Crippen molar-refractivity contribution in [1.29, 1.82) is 0 Å². The van der Waals surface area contributed by atoms with Crippen LogP contribution in [0, 0.1) is 6.92 Å². The van der Waals surface area contributed by atoms with Crippen LogP contribution < -0.4 is 5.32 Å². The molecule has 19 heavy (non-hydrogen) atoms. The van der Waals surface area contributed by atoms with Crippen molar-refractivity contribution in [3.05, 3.63) is 17.5 Å². The summed E-state index contributed by atoms with van der Waals surface area (Å²) < 4.78 is 5.40. The average Bonchev–Trinajstić information content (AvgIpc) is 3.00. The number of rotatable bonds is 3. The summed E-state index contributed by atoms with van der Waals surface area (Å²) >= 11 is 0. The van der Waals surface area contributed by atoms with Gasteiger partial charge in [-0.2, -0.15) is 0 Å². The highest BCUT2D eigenvalue weighted by atomic mass is 16.5. The van der Waals surface area contributed by atoms with Gasteiger partial charge in [0.2, 0.25) is 0 Å². The lowest BCUT2D eigenvalue weighted by atomic mass is 9.91. The second-order valence-electron chi connectivity index (χ2n) is 6.27. The van der Waals surface area contributed by atoms with Crippen LogP contribution >= 0.6 is 0 Å². The minimum atomic E-state index is 0.376. The number of piperazine rings is 1. The van der Waals surface area contributed by atoms with Crippen molar-refractivity contribution in [2.45, 2.75) is 64.1 Å². The Kier molecular flexibility index (Phi) is 3.63. The van der Waals surface area contributed by atoms with Crippen molar-refractivity contribution in [2.75, 3.05) is 13.1 Å². The molecule has 2 heterocycles. The summed E-state index contributed by atoms with van der Waals surface area (Å²) in [5.41, 5.74) is 1.36. The first-order valence-corrected chi connectivity index (χ1v) is 7.62. The van der Waals surface area contributed by atoms with Crippen LogP contribution in [0.15, 0.2) is 10.6 Å². The van der Waals surface area contributed by atoms with Gasteiger partial charge in [0.05, 0.1) is 12.2 Å². The van der Waals surface area contributed by atoms with E-state index in [4.69, 9.17) is 4.52 Å². The quantitative estimate of drug-likeness (QED) is 0.909. The zero-order valence-corrected chi connectivity index (χ0v) is 12.1. The van der Waals surface area contributed by atoms with Crippen molar-refractivity contribution in [1.82, 2.24) is 15.4 Å². The molecule has 4 nitrogen and oxygen atoms in total. The average molecular weight is 263 g/mol. The van der Waals surface area contributed by atoms with Gasteiger partial charge in [-0.3, -0.25) is 4.90 Å². The van der Waals surface area contributed by atoms with Crippen molar-refractivity contribution in [2.24, 2.45) is 0 Å². The van der Waals surface area contributed by atoms with Gasteiger partial charge in [0.25, 0.3) is 0 Å². The van der Waals surface area contributed by atoms with Gasteiger partial charge in [-0.05, 0) is 26.2 Å². The predicted octanol–water partition coefficient (Wildman–Crippen LogP) is 2.48. The molecule has 1 aliphatic carbocycles. The third kappa shape index (κ3) is 2.70. The molecular formula is C15H25N3O. The molecule has 1 N–H and O–H groups in total. The monoisotopic (exact) mass is 263 g/mol. The molecule has 1 aromatic heterocycles. The van der Waals surface area contributed by atoms with E-state index in [1.165, 1.54) is 32.1 Å². The molecule has 1 unspecified atom stereocenters. The van der Waals surface area contributed by atoms with Crippen LogP contribution in [-0.2, 0) is 6.54 Å². The lowest BCUT2D eigenvalue weighted by Crippen LogP contribution is -2.62. The summed E-state index contributed by atoms with van der Waals surface area (Å²) in [7, 11) is 0. The molecule has 1 saturated carbocycles. The van der Waals surface area contributed by atoms with Crippen LogP contribution in [0.5, 0.6) is 0 Å². The van der Waals surface area contributed by atoms with E-state index in [0.717, 1.165) is 31.1 Å². The largest absolute Gasteiger partial charge is 0.360 e. The molecule has 1 spiro atoms. The number of nitrogens with zero attached hydrogens (tertiary/aromatic N) is 2. The number of aryl methyl sites for hydroxylation is 1. The number of aromatic nitrogens is 1. The zero-order chi connectivity index (χ0) is 13.3. The molecule has 0 radical (unpaired) electrons. The lowest BCUT2D eigenvalue weighted by Gasteiger charge is -2.46. The first-order valence-electron chi connectivity index (χ1n) is 7.62. The molecule has 3 rings (SSSR count). The second-order valence-corrected chi connectivity index (χ2v) is 6.27. The van der Waals surface area contributed by atoms with Crippen molar-refractivity contribution < 1.29 is 4.52 Å². The van der Waals surface area contributed by atoms with Crippen LogP contribution in [-0.4, -0.2) is 34.7 Å². The van der Waals surface area contributed by atoms with E-state index in [-0.39, 0.29) is 0 Å². The molecule has 1 atom stereocenters. The van der Waals surface area contributed by atoms with Gasteiger partial charge >= 0.3 is 0 Å². The van der Waals surface area contributed by atoms with Gasteiger partial charge in [-0.1, -0.05) is 24.9 Å². The highest BCUT2D eigenvalue weighted by Gasteiger charge is 2.40. The summed E-state index contributed by atoms with van der Waals surface area (Å²) in [6.45, 7) is 7.44. The minimum Gasteiger partial charge on any atom is -0.360 e. The molecular weight excluding hydrogens is 238 g/mol. The highest BCUT2D eigenvalue weighted by molar-refractivity contribution is 5.06. The maximum absolute atomic E-state index is 5.40. The van der Waals surface area contributed by atoms with E-state index < -0.39 is 0 Å². The first-order chi connectivity index (χ1) is 9.21. The van der Waals surface area contributed by atoms with Crippen LogP contribution in [0.1, 0.15) is 50.5 Å². The molecule has 0 aromatic carbocycles. The standard InChI is InChI=1S/C15H25N3O/c1-3-13-9-16-15(6-4-5-7-15)11-18(13)10-14-8-12(2)17-19-14/h8,13,16H,3-7,9-11H2,1-2H3. The van der Waals surface area contributed by atoms with E-state index in [0.29, 0.717) is 11.6 Å².